The summed E-state index contributed by atoms with van der Waals surface area (Å²) in [6.07, 6.45) is 0. The minimum atomic E-state index is -1.06. The zero-order valence-corrected chi connectivity index (χ0v) is 11.0. The maximum absolute atomic E-state index is 11.7. The lowest BCUT2D eigenvalue weighted by Crippen LogP contribution is -2.51. The Morgan fingerprint density at radius 3 is 2.12 bits per heavy atom. The molecule has 0 fully saturated rings. The van der Waals surface area contributed by atoms with Crippen molar-refractivity contribution >= 4 is 12.0 Å². The largest absolute Gasteiger partial charge is 0.480 e. The molecule has 0 aromatic carbocycles. The van der Waals surface area contributed by atoms with Crippen LogP contribution in [0.2, 0.25) is 0 Å². The molecule has 0 rings (SSSR count). The second kappa shape index (κ2) is 5.86. The van der Waals surface area contributed by atoms with Gasteiger partial charge in [-0.25, -0.2) is 9.59 Å². The maximum atomic E-state index is 11.7. The minimum Gasteiger partial charge on any atom is -0.480 e. The molecule has 3 N–H and O–H groups in total. The molecule has 17 heavy (non-hydrogen) atoms. The van der Waals surface area contributed by atoms with Crippen molar-refractivity contribution in [1.82, 2.24) is 10.2 Å². The maximum Gasteiger partial charge on any atom is 0.326 e. The molecule has 0 radical (unpaired) electrons. The molecule has 0 heterocycles. The molecule has 0 unspecified atom stereocenters. The molecule has 2 amide bonds. The van der Waals surface area contributed by atoms with Crippen molar-refractivity contribution < 1.29 is 19.8 Å². The number of amides is 2. The van der Waals surface area contributed by atoms with Crippen LogP contribution < -0.4 is 5.32 Å². The van der Waals surface area contributed by atoms with Gasteiger partial charge in [-0.3, -0.25) is 0 Å². The van der Waals surface area contributed by atoms with Gasteiger partial charge in [0.15, 0.2) is 0 Å². The van der Waals surface area contributed by atoms with Crippen molar-refractivity contribution in [2.75, 3.05) is 13.6 Å². The van der Waals surface area contributed by atoms with Gasteiger partial charge in [-0.05, 0) is 19.8 Å². The van der Waals surface area contributed by atoms with Crippen LogP contribution in [0.1, 0.15) is 27.7 Å². The summed E-state index contributed by atoms with van der Waals surface area (Å²) in [4.78, 5) is 23.8. The van der Waals surface area contributed by atoms with Gasteiger partial charge in [0.05, 0.1) is 12.1 Å². The van der Waals surface area contributed by atoms with Crippen molar-refractivity contribution in [1.29, 1.82) is 0 Å². The second-order valence-corrected chi connectivity index (χ2v) is 5.18. The van der Waals surface area contributed by atoms with E-state index >= 15 is 0 Å². The molecular formula is C11H22N2O4. The number of aliphatic hydroxyl groups is 1. The van der Waals surface area contributed by atoms with Gasteiger partial charge in [0, 0.05) is 7.05 Å². The van der Waals surface area contributed by atoms with Crippen LogP contribution in [0.15, 0.2) is 0 Å². The number of urea groups is 1. The number of rotatable bonds is 5. The average molecular weight is 246 g/mol. The smallest absolute Gasteiger partial charge is 0.326 e. The third-order valence-electron chi connectivity index (χ3n) is 2.18. The summed E-state index contributed by atoms with van der Waals surface area (Å²) in [5.74, 6) is -1.27. The molecule has 0 saturated heterocycles. The number of hydrogen-bond donors (Lipinski definition) is 3. The van der Waals surface area contributed by atoms with E-state index in [1.807, 2.05) is 0 Å². The zero-order chi connectivity index (χ0) is 13.8. The highest BCUT2D eigenvalue weighted by Crippen LogP contribution is 2.06. The third-order valence-corrected chi connectivity index (χ3v) is 2.18. The highest BCUT2D eigenvalue weighted by molar-refractivity contribution is 5.82. The van der Waals surface area contributed by atoms with Gasteiger partial charge >= 0.3 is 12.0 Å². The average Bonchev–Trinajstić information content (AvgIpc) is 2.09. The quantitative estimate of drug-likeness (QED) is 0.659. The fourth-order valence-electron chi connectivity index (χ4n) is 1.41. The van der Waals surface area contributed by atoms with Crippen LogP contribution in [-0.2, 0) is 4.79 Å². The van der Waals surface area contributed by atoms with E-state index in [0.717, 1.165) is 0 Å². The summed E-state index contributed by atoms with van der Waals surface area (Å²) in [6, 6.07) is -1.43. The first kappa shape index (κ1) is 15.7. The summed E-state index contributed by atoms with van der Waals surface area (Å²) in [7, 11) is 1.51. The Kier molecular flexibility index (Phi) is 5.41. The lowest BCUT2D eigenvalue weighted by molar-refractivity contribution is -0.140. The lowest BCUT2D eigenvalue weighted by Gasteiger charge is -2.27. The molecule has 0 bridgehead atoms. The van der Waals surface area contributed by atoms with E-state index in [4.69, 9.17) is 5.11 Å². The van der Waals surface area contributed by atoms with Crippen LogP contribution in [0.5, 0.6) is 0 Å². The summed E-state index contributed by atoms with van der Waals surface area (Å²) in [6.45, 7) is 6.72. The van der Waals surface area contributed by atoms with E-state index in [0.29, 0.717) is 0 Å². The van der Waals surface area contributed by atoms with Gasteiger partial charge in [0.25, 0.3) is 0 Å². The van der Waals surface area contributed by atoms with Crippen LogP contribution in [0, 0.1) is 5.92 Å². The van der Waals surface area contributed by atoms with Gasteiger partial charge < -0.3 is 20.4 Å². The molecule has 0 saturated carbocycles. The number of carboxylic acids is 1. The molecule has 0 spiro atoms. The monoisotopic (exact) mass is 246 g/mol. The van der Waals surface area contributed by atoms with Crippen molar-refractivity contribution in [2.24, 2.45) is 5.92 Å². The molecule has 0 aliphatic rings. The SMILES string of the molecule is CC(C)[C@@H](NC(=O)N(C)CC(C)(C)O)C(=O)O. The third kappa shape index (κ3) is 6.11. The van der Waals surface area contributed by atoms with Crippen molar-refractivity contribution in [3.8, 4) is 0 Å². The first-order chi connectivity index (χ1) is 7.54. The first-order valence-electron chi connectivity index (χ1n) is 5.51. The summed E-state index contributed by atoms with van der Waals surface area (Å²) in [5, 5.41) is 20.9. The number of carbonyl (C=O) groups excluding carboxylic acids is 1. The number of likely N-dealkylation sites (N-methyl/N-ethyl adjacent to an activating group) is 1. The van der Waals surface area contributed by atoms with Crippen LogP contribution in [0.3, 0.4) is 0 Å². The Labute approximate surface area is 102 Å². The predicted molar refractivity (Wildman–Crippen MR) is 63.7 cm³/mol. The van der Waals surface area contributed by atoms with Crippen LogP contribution in [0.4, 0.5) is 4.79 Å². The lowest BCUT2D eigenvalue weighted by atomic mass is 10.1. The fraction of sp³-hybridized carbons (Fsp3) is 0.818. The topological polar surface area (TPSA) is 89.9 Å². The number of aliphatic carboxylic acids is 1. The Bertz CT molecular complexity index is 284. The van der Waals surface area contributed by atoms with Crippen molar-refractivity contribution in [2.45, 2.75) is 39.3 Å². The predicted octanol–water partition coefficient (Wildman–Crippen LogP) is 0.508. The Morgan fingerprint density at radius 1 is 1.35 bits per heavy atom. The zero-order valence-electron chi connectivity index (χ0n) is 11.0. The van der Waals surface area contributed by atoms with E-state index in [9.17, 15) is 14.7 Å². The fourth-order valence-corrected chi connectivity index (χ4v) is 1.41. The molecule has 0 aromatic rings. The van der Waals surface area contributed by atoms with Crippen LogP contribution in [0.25, 0.3) is 0 Å². The molecule has 6 nitrogen and oxygen atoms in total. The summed E-state index contributed by atoms with van der Waals surface area (Å²) >= 11 is 0. The second-order valence-electron chi connectivity index (χ2n) is 5.18. The van der Waals surface area contributed by atoms with Gasteiger partial charge in [0.2, 0.25) is 0 Å². The Morgan fingerprint density at radius 2 is 1.82 bits per heavy atom. The molecule has 100 valence electrons. The molecule has 6 heteroatoms. The standard InChI is InChI=1S/C11H22N2O4/c1-7(2)8(9(14)15)12-10(16)13(5)6-11(3,4)17/h7-8,17H,6H2,1-5H3,(H,12,16)(H,14,15)/t8-/m1/s1. The van der Waals surface area contributed by atoms with E-state index in [1.54, 1.807) is 27.7 Å². The van der Waals surface area contributed by atoms with Gasteiger partial charge in [0.1, 0.15) is 6.04 Å². The van der Waals surface area contributed by atoms with Crippen molar-refractivity contribution in [3.63, 3.8) is 0 Å². The van der Waals surface area contributed by atoms with E-state index in [1.165, 1.54) is 11.9 Å². The van der Waals surface area contributed by atoms with Gasteiger partial charge in [-0.1, -0.05) is 13.8 Å². The molecular weight excluding hydrogens is 224 g/mol. The minimum absolute atomic E-state index is 0.128. The van der Waals surface area contributed by atoms with E-state index in [2.05, 4.69) is 5.32 Å². The normalized spacial score (nSPS) is 13.4. The molecule has 0 aromatic heterocycles. The van der Waals surface area contributed by atoms with Crippen LogP contribution >= 0.6 is 0 Å². The summed E-state index contributed by atoms with van der Waals surface area (Å²) < 4.78 is 0. The first-order valence-corrected chi connectivity index (χ1v) is 5.51. The van der Waals surface area contributed by atoms with Crippen molar-refractivity contribution in [3.05, 3.63) is 0 Å². The highest BCUT2D eigenvalue weighted by atomic mass is 16.4. The summed E-state index contributed by atoms with van der Waals surface area (Å²) in [5.41, 5.74) is -1.01. The number of nitrogens with zero attached hydrogens (tertiary/aromatic N) is 1. The number of hydrogen-bond acceptors (Lipinski definition) is 3. The van der Waals surface area contributed by atoms with Gasteiger partial charge in [-0.15, -0.1) is 0 Å². The Balaban J connectivity index is 4.47. The molecule has 0 aliphatic carbocycles. The Hall–Kier alpha value is -1.30. The number of carbonyl (C=O) groups is 2. The molecule has 1 atom stereocenters. The van der Waals surface area contributed by atoms with E-state index in [-0.39, 0.29) is 12.5 Å². The molecule has 0 aliphatic heterocycles. The van der Waals surface area contributed by atoms with Gasteiger partial charge in [-0.2, -0.15) is 0 Å². The van der Waals surface area contributed by atoms with E-state index < -0.39 is 23.6 Å². The number of nitrogens with one attached hydrogen (secondary N) is 1. The highest BCUT2D eigenvalue weighted by Gasteiger charge is 2.26. The number of carboxylic acid groups (broad SMARTS) is 1. The van der Waals surface area contributed by atoms with Crippen LogP contribution in [-0.4, -0.2) is 52.3 Å².